The van der Waals surface area contributed by atoms with Gasteiger partial charge in [0.25, 0.3) is 0 Å². The fourth-order valence-electron chi connectivity index (χ4n) is 11.2. The van der Waals surface area contributed by atoms with Gasteiger partial charge in [0.1, 0.15) is 22.3 Å². The number of hydrogen-bond donors (Lipinski definition) is 0. The van der Waals surface area contributed by atoms with Crippen molar-refractivity contribution in [1.82, 2.24) is 0 Å². The van der Waals surface area contributed by atoms with Crippen LogP contribution >= 0.6 is 0 Å². The molecular weight excluding hydrogens is 779 g/mol. The fraction of sp³-hybridized carbons (Fsp3) is 0.0164. The molecule has 0 aliphatic heterocycles. The normalized spacial score (nSPS) is 13.1. The van der Waals surface area contributed by atoms with Crippen molar-refractivity contribution in [3.05, 3.63) is 247 Å². The van der Waals surface area contributed by atoms with Crippen LogP contribution in [0.2, 0.25) is 0 Å². The summed E-state index contributed by atoms with van der Waals surface area (Å²) in [4.78, 5) is 2.42. The smallest absolute Gasteiger partial charge is 0.137 e. The number of nitrogens with zero attached hydrogens (tertiary/aromatic N) is 1. The molecule has 3 heteroatoms. The van der Waals surface area contributed by atoms with Gasteiger partial charge in [0, 0.05) is 27.5 Å². The minimum atomic E-state index is -0.473. The standard InChI is InChI=1S/C61H37NO2/c1-3-14-38(15-4-1)40-26-29-42(30-27-40)62(43-31-33-47-46-20-9-12-23-53(46)61(54(47)35-43)51-21-10-7-18-44(51)45-19-8-11-22-52(45)61)55-24-13-25-56-60(55)50-37-58-49(36-59(50)63-56)48-32-28-41(34-57(48)64-58)39-16-5-2-6-17-39/h1-37H. The van der Waals surface area contributed by atoms with E-state index < -0.39 is 5.41 Å². The molecule has 10 aromatic carbocycles. The summed E-state index contributed by atoms with van der Waals surface area (Å²) in [6, 6.07) is 81.4. The zero-order chi connectivity index (χ0) is 41.9. The van der Waals surface area contributed by atoms with Crippen LogP contribution in [0.1, 0.15) is 22.3 Å². The van der Waals surface area contributed by atoms with Crippen molar-refractivity contribution in [3.63, 3.8) is 0 Å². The van der Waals surface area contributed by atoms with Crippen LogP contribution in [0.25, 0.3) is 88.4 Å². The van der Waals surface area contributed by atoms with Crippen LogP contribution in [-0.2, 0) is 5.41 Å². The molecule has 14 rings (SSSR count). The average molecular weight is 816 g/mol. The second-order valence-corrected chi connectivity index (χ2v) is 17.1. The van der Waals surface area contributed by atoms with E-state index in [1.807, 2.05) is 6.07 Å². The second kappa shape index (κ2) is 13.3. The van der Waals surface area contributed by atoms with Gasteiger partial charge in [-0.25, -0.2) is 0 Å². The van der Waals surface area contributed by atoms with Crippen molar-refractivity contribution < 1.29 is 8.83 Å². The summed E-state index contributed by atoms with van der Waals surface area (Å²) in [5.41, 5.74) is 21.1. The molecule has 2 heterocycles. The van der Waals surface area contributed by atoms with Gasteiger partial charge in [0.15, 0.2) is 0 Å². The van der Waals surface area contributed by atoms with Gasteiger partial charge in [-0.2, -0.15) is 0 Å². The Kier molecular flexibility index (Phi) is 7.32. The van der Waals surface area contributed by atoms with E-state index in [1.165, 1.54) is 55.6 Å². The van der Waals surface area contributed by atoms with Crippen LogP contribution in [0.5, 0.6) is 0 Å². The molecule has 0 radical (unpaired) electrons. The first-order chi connectivity index (χ1) is 31.7. The van der Waals surface area contributed by atoms with E-state index in [0.717, 1.165) is 72.1 Å². The van der Waals surface area contributed by atoms with Crippen LogP contribution < -0.4 is 4.90 Å². The Morgan fingerprint density at radius 1 is 0.297 bits per heavy atom. The number of rotatable bonds is 5. The minimum absolute atomic E-state index is 0.473. The first kappa shape index (κ1) is 35.2. The molecule has 2 aliphatic rings. The summed E-state index contributed by atoms with van der Waals surface area (Å²) in [6.45, 7) is 0. The van der Waals surface area contributed by atoms with Crippen molar-refractivity contribution in [2.45, 2.75) is 5.41 Å². The predicted molar refractivity (Wildman–Crippen MR) is 263 cm³/mol. The number of furan rings is 2. The Balaban J connectivity index is 1.01. The van der Waals surface area contributed by atoms with Crippen molar-refractivity contribution >= 4 is 60.9 Å². The summed E-state index contributed by atoms with van der Waals surface area (Å²) >= 11 is 0. The van der Waals surface area contributed by atoms with E-state index in [1.54, 1.807) is 0 Å². The summed E-state index contributed by atoms with van der Waals surface area (Å²) in [6.07, 6.45) is 0. The van der Waals surface area contributed by atoms with E-state index >= 15 is 0 Å². The summed E-state index contributed by atoms with van der Waals surface area (Å²) in [7, 11) is 0. The molecule has 3 nitrogen and oxygen atoms in total. The highest BCUT2D eigenvalue weighted by molar-refractivity contribution is 6.19. The number of hydrogen-bond acceptors (Lipinski definition) is 3. The molecule has 2 aliphatic carbocycles. The summed E-state index contributed by atoms with van der Waals surface area (Å²) < 4.78 is 13.5. The van der Waals surface area contributed by atoms with E-state index in [2.05, 4.69) is 223 Å². The molecule has 2 aromatic heterocycles. The lowest BCUT2D eigenvalue weighted by Crippen LogP contribution is -2.26. The van der Waals surface area contributed by atoms with Crippen LogP contribution in [0.15, 0.2) is 233 Å². The molecule has 0 unspecified atom stereocenters. The third-order valence-corrected chi connectivity index (χ3v) is 13.9. The van der Waals surface area contributed by atoms with Crippen molar-refractivity contribution in [2.24, 2.45) is 0 Å². The maximum absolute atomic E-state index is 6.81. The third-order valence-electron chi connectivity index (χ3n) is 13.9. The van der Waals surface area contributed by atoms with Crippen molar-refractivity contribution in [3.8, 4) is 44.5 Å². The Hall–Kier alpha value is -8.40. The lowest BCUT2D eigenvalue weighted by Gasteiger charge is -2.32. The van der Waals surface area contributed by atoms with E-state index in [-0.39, 0.29) is 0 Å². The Morgan fingerprint density at radius 2 is 0.797 bits per heavy atom. The highest BCUT2D eigenvalue weighted by Crippen LogP contribution is 2.63. The van der Waals surface area contributed by atoms with Crippen LogP contribution in [-0.4, -0.2) is 0 Å². The second-order valence-electron chi connectivity index (χ2n) is 17.1. The molecule has 64 heavy (non-hydrogen) atoms. The zero-order valence-corrected chi connectivity index (χ0v) is 34.6. The largest absolute Gasteiger partial charge is 0.456 e. The zero-order valence-electron chi connectivity index (χ0n) is 34.6. The van der Waals surface area contributed by atoms with Gasteiger partial charge in [-0.15, -0.1) is 0 Å². The molecule has 0 N–H and O–H groups in total. The minimum Gasteiger partial charge on any atom is -0.456 e. The SMILES string of the molecule is c1ccc(-c2ccc(N(c3ccc4c(c3)C3(c5ccccc5-c5ccccc53)c3ccccc3-4)c3cccc4oc5cc6c(cc5c34)oc3cc(-c4ccccc4)ccc36)cc2)cc1. The highest BCUT2D eigenvalue weighted by atomic mass is 16.3. The molecule has 0 saturated carbocycles. The van der Waals surface area contributed by atoms with Gasteiger partial charge in [-0.3, -0.25) is 0 Å². The maximum Gasteiger partial charge on any atom is 0.137 e. The van der Waals surface area contributed by atoms with Crippen LogP contribution in [0, 0.1) is 0 Å². The summed E-state index contributed by atoms with van der Waals surface area (Å²) in [5.74, 6) is 0. The van der Waals surface area contributed by atoms with E-state index in [4.69, 9.17) is 8.83 Å². The summed E-state index contributed by atoms with van der Waals surface area (Å²) in [5, 5.41) is 4.15. The van der Waals surface area contributed by atoms with Crippen LogP contribution in [0.3, 0.4) is 0 Å². The molecule has 0 atom stereocenters. The Morgan fingerprint density at radius 3 is 1.47 bits per heavy atom. The third kappa shape index (κ3) is 4.86. The van der Waals surface area contributed by atoms with Crippen molar-refractivity contribution in [2.75, 3.05) is 4.90 Å². The van der Waals surface area contributed by atoms with Gasteiger partial charge < -0.3 is 13.7 Å². The molecule has 1 spiro atoms. The van der Waals surface area contributed by atoms with Gasteiger partial charge in [-0.05, 0) is 127 Å². The molecule has 0 bridgehead atoms. The molecule has 0 saturated heterocycles. The lowest BCUT2D eigenvalue weighted by molar-refractivity contribution is 0.664. The van der Waals surface area contributed by atoms with Gasteiger partial charge >= 0.3 is 0 Å². The van der Waals surface area contributed by atoms with Gasteiger partial charge in [0.2, 0.25) is 0 Å². The van der Waals surface area contributed by atoms with E-state index in [9.17, 15) is 0 Å². The monoisotopic (exact) mass is 815 g/mol. The molecule has 298 valence electrons. The van der Waals surface area contributed by atoms with E-state index in [0.29, 0.717) is 0 Å². The maximum atomic E-state index is 6.81. The Labute approximate surface area is 369 Å². The average Bonchev–Trinajstić information content (AvgIpc) is 4.09. The number of fused-ring (bicyclic) bond motifs is 16. The lowest BCUT2D eigenvalue weighted by atomic mass is 9.70. The molecule has 0 amide bonds. The van der Waals surface area contributed by atoms with Crippen LogP contribution in [0.4, 0.5) is 17.1 Å². The topological polar surface area (TPSA) is 29.5 Å². The molecule has 12 aromatic rings. The predicted octanol–water partition coefficient (Wildman–Crippen LogP) is 16.6. The van der Waals surface area contributed by atoms with Crippen molar-refractivity contribution in [1.29, 1.82) is 0 Å². The number of anilines is 3. The number of benzene rings is 10. The fourth-order valence-corrected chi connectivity index (χ4v) is 11.2. The first-order valence-electron chi connectivity index (χ1n) is 22.0. The first-order valence-corrected chi connectivity index (χ1v) is 22.0. The quantitative estimate of drug-likeness (QED) is 0.173. The molecule has 0 fully saturated rings. The molecular formula is C61H37NO2. The van der Waals surface area contributed by atoms with Gasteiger partial charge in [0.05, 0.1) is 16.5 Å². The highest BCUT2D eigenvalue weighted by Gasteiger charge is 2.51. The Bertz CT molecular complexity index is 3780. The van der Waals surface area contributed by atoms with Gasteiger partial charge in [-0.1, -0.05) is 164 Å².